The molecule has 35 heavy (non-hydrogen) atoms. The highest BCUT2D eigenvalue weighted by molar-refractivity contribution is 6.01. The summed E-state index contributed by atoms with van der Waals surface area (Å²) in [6.07, 6.45) is 0.236. The second-order valence-corrected chi connectivity index (χ2v) is 9.53. The number of carbonyl (C=O) groups excluding carboxylic acids is 4. The number of benzene rings is 1. The van der Waals surface area contributed by atoms with Gasteiger partial charge in [-0.2, -0.15) is 0 Å². The summed E-state index contributed by atoms with van der Waals surface area (Å²) in [4.78, 5) is 51.7. The molecular weight excluding hydrogens is 452 g/mol. The van der Waals surface area contributed by atoms with Crippen molar-refractivity contribution < 1.29 is 33.4 Å². The van der Waals surface area contributed by atoms with Crippen molar-refractivity contribution in [2.24, 2.45) is 11.8 Å². The average molecular weight is 493 g/mol. The van der Waals surface area contributed by atoms with Crippen LogP contribution in [0.4, 0.5) is 0 Å². The standard InChI is InChI=1S/C26H40N2O7/c1-16(2)13-21(26(32)34-8)27-24(30)20-10-9-19(14-22(20)35-18(5)6)25(31)28(15-17(3)4)12-11-23(29)33-7/h9-10,14,16-18,21H,11-13,15H2,1-8H3,(H,27,30)/t21-/m0/s1. The van der Waals surface area contributed by atoms with E-state index in [0.29, 0.717) is 18.5 Å². The molecule has 1 N–H and O–H groups in total. The van der Waals surface area contributed by atoms with Gasteiger partial charge in [-0.1, -0.05) is 27.7 Å². The van der Waals surface area contributed by atoms with Gasteiger partial charge in [-0.25, -0.2) is 4.79 Å². The molecule has 1 aromatic rings. The molecule has 0 saturated heterocycles. The number of carbonyl (C=O) groups is 4. The van der Waals surface area contributed by atoms with Gasteiger partial charge < -0.3 is 24.4 Å². The summed E-state index contributed by atoms with van der Waals surface area (Å²) >= 11 is 0. The first-order valence-electron chi connectivity index (χ1n) is 11.9. The summed E-state index contributed by atoms with van der Waals surface area (Å²) in [6.45, 7) is 12.1. The number of esters is 2. The molecule has 9 heteroatoms. The van der Waals surface area contributed by atoms with Gasteiger partial charge in [0.15, 0.2) is 0 Å². The smallest absolute Gasteiger partial charge is 0.328 e. The quantitative estimate of drug-likeness (QED) is 0.420. The molecule has 0 fully saturated rings. The third-order valence-corrected chi connectivity index (χ3v) is 5.02. The van der Waals surface area contributed by atoms with Gasteiger partial charge in [-0.05, 0) is 50.3 Å². The molecule has 0 aliphatic carbocycles. The third kappa shape index (κ3) is 9.96. The number of nitrogens with zero attached hydrogens (tertiary/aromatic N) is 1. The Balaban J connectivity index is 3.27. The van der Waals surface area contributed by atoms with E-state index < -0.39 is 23.9 Å². The Morgan fingerprint density at radius 3 is 2.11 bits per heavy atom. The SMILES string of the molecule is COC(=O)CCN(CC(C)C)C(=O)c1ccc(C(=O)N[C@@H](CC(C)C)C(=O)OC)c(OC(C)C)c1. The number of ether oxygens (including phenoxy) is 3. The Bertz CT molecular complexity index is 880. The number of methoxy groups -OCH3 is 2. The molecule has 0 heterocycles. The lowest BCUT2D eigenvalue weighted by atomic mass is 10.0. The molecule has 9 nitrogen and oxygen atoms in total. The molecule has 1 atom stereocenters. The minimum atomic E-state index is -0.805. The number of hydrogen-bond acceptors (Lipinski definition) is 7. The maximum atomic E-state index is 13.3. The van der Waals surface area contributed by atoms with E-state index in [0.717, 1.165) is 0 Å². The monoisotopic (exact) mass is 492 g/mol. The highest BCUT2D eigenvalue weighted by atomic mass is 16.5. The van der Waals surface area contributed by atoms with Crippen LogP contribution in [0.2, 0.25) is 0 Å². The molecule has 1 rings (SSSR count). The lowest BCUT2D eigenvalue weighted by Crippen LogP contribution is -2.42. The topological polar surface area (TPSA) is 111 Å². The summed E-state index contributed by atoms with van der Waals surface area (Å²) in [5, 5.41) is 2.73. The zero-order valence-corrected chi connectivity index (χ0v) is 22.2. The summed E-state index contributed by atoms with van der Waals surface area (Å²) < 4.78 is 15.4. The van der Waals surface area contributed by atoms with Crippen molar-refractivity contribution in [2.45, 2.75) is 66.5 Å². The molecule has 0 saturated carbocycles. The summed E-state index contributed by atoms with van der Waals surface area (Å²) in [5.41, 5.74) is 0.535. The number of rotatable bonds is 13. The van der Waals surface area contributed by atoms with Gasteiger partial charge in [-0.15, -0.1) is 0 Å². The zero-order chi connectivity index (χ0) is 26.7. The lowest BCUT2D eigenvalue weighted by Gasteiger charge is -2.25. The van der Waals surface area contributed by atoms with Crippen LogP contribution in [0.25, 0.3) is 0 Å². The van der Waals surface area contributed by atoms with Gasteiger partial charge >= 0.3 is 11.9 Å². The second kappa shape index (κ2) is 14.3. The van der Waals surface area contributed by atoms with Crippen LogP contribution in [0, 0.1) is 11.8 Å². The molecular formula is C26H40N2O7. The van der Waals surface area contributed by atoms with Gasteiger partial charge in [0, 0.05) is 18.7 Å². The van der Waals surface area contributed by atoms with E-state index in [9.17, 15) is 19.2 Å². The van der Waals surface area contributed by atoms with Crippen molar-refractivity contribution in [2.75, 3.05) is 27.3 Å². The van der Waals surface area contributed by atoms with Crippen LogP contribution >= 0.6 is 0 Å². The van der Waals surface area contributed by atoms with E-state index in [1.54, 1.807) is 11.0 Å². The zero-order valence-electron chi connectivity index (χ0n) is 22.2. The first-order chi connectivity index (χ1) is 16.4. The minimum Gasteiger partial charge on any atom is -0.490 e. The summed E-state index contributed by atoms with van der Waals surface area (Å²) in [5.74, 6) is -1.14. The van der Waals surface area contributed by atoms with Crippen LogP contribution < -0.4 is 10.1 Å². The normalized spacial score (nSPS) is 11.9. The van der Waals surface area contributed by atoms with Gasteiger partial charge in [-0.3, -0.25) is 14.4 Å². The van der Waals surface area contributed by atoms with E-state index in [2.05, 4.69) is 5.32 Å². The number of hydrogen-bond donors (Lipinski definition) is 1. The fourth-order valence-electron chi connectivity index (χ4n) is 3.49. The van der Waals surface area contributed by atoms with E-state index in [-0.39, 0.29) is 48.1 Å². The van der Waals surface area contributed by atoms with Gasteiger partial charge in [0.05, 0.1) is 32.3 Å². The Kier molecular flexibility index (Phi) is 12.3. The highest BCUT2D eigenvalue weighted by Gasteiger charge is 2.26. The number of nitrogens with one attached hydrogen (secondary N) is 1. The lowest BCUT2D eigenvalue weighted by molar-refractivity contribution is -0.143. The van der Waals surface area contributed by atoms with Crippen LogP contribution in [0.3, 0.4) is 0 Å². The average Bonchev–Trinajstić information content (AvgIpc) is 2.78. The van der Waals surface area contributed by atoms with E-state index in [1.807, 2.05) is 41.5 Å². The van der Waals surface area contributed by atoms with Crippen LogP contribution in [0.15, 0.2) is 18.2 Å². The van der Waals surface area contributed by atoms with Gasteiger partial charge in [0.1, 0.15) is 11.8 Å². The summed E-state index contributed by atoms with van der Waals surface area (Å²) in [6, 6.07) is 3.78. The maximum Gasteiger partial charge on any atom is 0.328 e. The van der Waals surface area contributed by atoms with Crippen LogP contribution in [-0.2, 0) is 19.1 Å². The van der Waals surface area contributed by atoms with Crippen molar-refractivity contribution in [1.29, 1.82) is 0 Å². The Morgan fingerprint density at radius 2 is 1.60 bits per heavy atom. The minimum absolute atomic E-state index is 0.0789. The van der Waals surface area contributed by atoms with E-state index in [1.165, 1.54) is 26.4 Å². The van der Waals surface area contributed by atoms with Crippen molar-refractivity contribution in [3.63, 3.8) is 0 Å². The Labute approximate surface area is 208 Å². The molecule has 1 aromatic carbocycles. The Morgan fingerprint density at radius 1 is 0.943 bits per heavy atom. The van der Waals surface area contributed by atoms with Crippen molar-refractivity contribution in [3.8, 4) is 5.75 Å². The van der Waals surface area contributed by atoms with E-state index >= 15 is 0 Å². The predicted octanol–water partition coefficient (Wildman–Crippen LogP) is 3.45. The maximum absolute atomic E-state index is 13.3. The van der Waals surface area contributed by atoms with Gasteiger partial charge in [0.25, 0.3) is 11.8 Å². The first kappa shape index (κ1) is 29.9. The molecule has 2 amide bonds. The van der Waals surface area contributed by atoms with Crippen molar-refractivity contribution in [3.05, 3.63) is 29.3 Å². The molecule has 196 valence electrons. The molecule has 0 unspecified atom stereocenters. The highest BCUT2D eigenvalue weighted by Crippen LogP contribution is 2.24. The molecule has 0 bridgehead atoms. The fourth-order valence-corrected chi connectivity index (χ4v) is 3.49. The fraction of sp³-hybridized carbons (Fsp3) is 0.615. The largest absolute Gasteiger partial charge is 0.490 e. The third-order valence-electron chi connectivity index (χ3n) is 5.02. The molecule has 0 aromatic heterocycles. The van der Waals surface area contributed by atoms with Crippen LogP contribution in [0.1, 0.15) is 75.1 Å². The summed E-state index contributed by atoms with van der Waals surface area (Å²) in [7, 11) is 2.58. The predicted molar refractivity (Wildman–Crippen MR) is 132 cm³/mol. The molecule has 0 aliphatic rings. The first-order valence-corrected chi connectivity index (χ1v) is 11.9. The Hall–Kier alpha value is -3.10. The molecule has 0 aliphatic heterocycles. The van der Waals surface area contributed by atoms with Crippen LogP contribution in [-0.4, -0.2) is 68.1 Å². The molecule has 0 spiro atoms. The van der Waals surface area contributed by atoms with Crippen LogP contribution in [0.5, 0.6) is 5.75 Å². The van der Waals surface area contributed by atoms with Gasteiger partial charge in [0.2, 0.25) is 0 Å². The number of amides is 2. The van der Waals surface area contributed by atoms with Crippen molar-refractivity contribution >= 4 is 23.8 Å². The van der Waals surface area contributed by atoms with Crippen molar-refractivity contribution in [1.82, 2.24) is 10.2 Å². The molecule has 0 radical (unpaired) electrons. The second-order valence-electron chi connectivity index (χ2n) is 9.53. The van der Waals surface area contributed by atoms with E-state index in [4.69, 9.17) is 14.2 Å².